The Morgan fingerprint density at radius 1 is 1.12 bits per heavy atom. The Labute approximate surface area is 193 Å². The SMILES string of the molecule is CC1(C)CN(C(=O)CCC2CCCCC2)CCC1(O)CN1CC(c2ccccc2)CC1=O. The van der Waals surface area contributed by atoms with E-state index in [2.05, 4.69) is 12.1 Å². The summed E-state index contributed by atoms with van der Waals surface area (Å²) in [4.78, 5) is 29.5. The van der Waals surface area contributed by atoms with Crippen molar-refractivity contribution in [2.24, 2.45) is 11.3 Å². The zero-order valence-corrected chi connectivity index (χ0v) is 19.9. The van der Waals surface area contributed by atoms with Crippen LogP contribution in [0.4, 0.5) is 0 Å². The number of rotatable bonds is 6. The van der Waals surface area contributed by atoms with Crippen molar-refractivity contribution in [1.82, 2.24) is 9.80 Å². The molecule has 1 aromatic carbocycles. The molecule has 1 N–H and O–H groups in total. The van der Waals surface area contributed by atoms with E-state index in [0.29, 0.717) is 51.4 Å². The number of hydrogen-bond acceptors (Lipinski definition) is 3. The highest BCUT2D eigenvalue weighted by atomic mass is 16.3. The minimum atomic E-state index is -0.978. The summed E-state index contributed by atoms with van der Waals surface area (Å²) in [6.07, 6.45) is 9.16. The molecule has 2 unspecified atom stereocenters. The van der Waals surface area contributed by atoms with Crippen LogP contribution in [0.5, 0.6) is 0 Å². The molecule has 1 aromatic rings. The molecule has 0 radical (unpaired) electrons. The highest BCUT2D eigenvalue weighted by molar-refractivity contribution is 5.80. The Morgan fingerprint density at radius 3 is 2.53 bits per heavy atom. The maximum Gasteiger partial charge on any atom is 0.223 e. The van der Waals surface area contributed by atoms with Crippen LogP contribution in [0.15, 0.2) is 30.3 Å². The average Bonchev–Trinajstić information content (AvgIpc) is 3.15. The lowest BCUT2D eigenvalue weighted by molar-refractivity contribution is -0.159. The van der Waals surface area contributed by atoms with E-state index in [1.54, 1.807) is 0 Å². The lowest BCUT2D eigenvalue weighted by Gasteiger charge is -2.51. The number of aliphatic hydroxyl groups is 1. The van der Waals surface area contributed by atoms with Gasteiger partial charge < -0.3 is 14.9 Å². The molecule has 2 amide bonds. The van der Waals surface area contributed by atoms with Crippen LogP contribution in [0.25, 0.3) is 0 Å². The van der Waals surface area contributed by atoms with Crippen LogP contribution in [0.2, 0.25) is 0 Å². The second-order valence-corrected chi connectivity index (χ2v) is 11.1. The van der Waals surface area contributed by atoms with E-state index >= 15 is 0 Å². The zero-order chi connectivity index (χ0) is 22.8. The van der Waals surface area contributed by atoms with Gasteiger partial charge in [-0.05, 0) is 24.3 Å². The van der Waals surface area contributed by atoms with Crippen molar-refractivity contribution in [3.63, 3.8) is 0 Å². The minimum Gasteiger partial charge on any atom is -0.387 e. The number of hydrogen-bond donors (Lipinski definition) is 1. The summed E-state index contributed by atoms with van der Waals surface area (Å²) >= 11 is 0. The summed E-state index contributed by atoms with van der Waals surface area (Å²) in [7, 11) is 0. The molecule has 3 fully saturated rings. The number of piperidine rings is 1. The minimum absolute atomic E-state index is 0.120. The van der Waals surface area contributed by atoms with Gasteiger partial charge in [-0.25, -0.2) is 0 Å². The fraction of sp³-hybridized carbons (Fsp3) is 0.704. The molecule has 2 heterocycles. The van der Waals surface area contributed by atoms with E-state index in [0.717, 1.165) is 6.42 Å². The first kappa shape index (κ1) is 23.3. The molecule has 5 nitrogen and oxygen atoms in total. The van der Waals surface area contributed by atoms with Crippen molar-refractivity contribution in [3.05, 3.63) is 35.9 Å². The quantitative estimate of drug-likeness (QED) is 0.715. The van der Waals surface area contributed by atoms with Crippen LogP contribution in [0, 0.1) is 11.3 Å². The van der Waals surface area contributed by atoms with Crippen LogP contribution in [0.1, 0.15) is 83.1 Å². The molecule has 0 bridgehead atoms. The highest BCUT2D eigenvalue weighted by Gasteiger charge is 2.50. The van der Waals surface area contributed by atoms with Gasteiger partial charge in [0.2, 0.25) is 11.8 Å². The second-order valence-electron chi connectivity index (χ2n) is 11.1. The molecular formula is C27H40N2O3. The molecule has 2 atom stereocenters. The van der Waals surface area contributed by atoms with Crippen LogP contribution >= 0.6 is 0 Å². The normalized spacial score (nSPS) is 28.8. The molecule has 32 heavy (non-hydrogen) atoms. The summed E-state index contributed by atoms with van der Waals surface area (Å²) in [6, 6.07) is 10.2. The van der Waals surface area contributed by atoms with Gasteiger partial charge in [0.05, 0.1) is 12.1 Å². The molecule has 1 saturated carbocycles. The Morgan fingerprint density at radius 2 is 1.84 bits per heavy atom. The standard InChI is InChI=1S/C27H40N2O3/c1-26(2)19-28(24(30)14-13-21-9-5-3-6-10-21)16-15-27(26,32)20-29-18-23(17-25(29)31)22-11-7-4-8-12-22/h4,7-8,11-12,21,23,32H,3,5-6,9-10,13-20H2,1-2H3. The van der Waals surface area contributed by atoms with E-state index < -0.39 is 11.0 Å². The number of carbonyl (C=O) groups excluding carboxylic acids is 2. The van der Waals surface area contributed by atoms with Gasteiger partial charge in [0, 0.05) is 43.8 Å². The average molecular weight is 441 g/mol. The largest absolute Gasteiger partial charge is 0.387 e. The van der Waals surface area contributed by atoms with Gasteiger partial charge in [-0.3, -0.25) is 9.59 Å². The molecule has 0 aromatic heterocycles. The second kappa shape index (κ2) is 9.54. The third kappa shape index (κ3) is 5.03. The molecule has 4 rings (SSSR count). The third-order valence-corrected chi connectivity index (χ3v) is 8.42. The molecule has 3 aliphatic rings. The zero-order valence-electron chi connectivity index (χ0n) is 19.9. The van der Waals surface area contributed by atoms with E-state index in [9.17, 15) is 14.7 Å². The predicted molar refractivity (Wildman–Crippen MR) is 126 cm³/mol. The van der Waals surface area contributed by atoms with E-state index in [1.807, 2.05) is 41.8 Å². The fourth-order valence-electron chi connectivity index (χ4n) is 6.02. The van der Waals surface area contributed by atoms with E-state index in [4.69, 9.17) is 0 Å². The van der Waals surface area contributed by atoms with Gasteiger partial charge in [0.1, 0.15) is 0 Å². The molecular weight excluding hydrogens is 400 g/mol. The van der Waals surface area contributed by atoms with Crippen molar-refractivity contribution in [2.45, 2.75) is 83.2 Å². The van der Waals surface area contributed by atoms with Gasteiger partial charge in [0.15, 0.2) is 0 Å². The monoisotopic (exact) mass is 440 g/mol. The van der Waals surface area contributed by atoms with Crippen LogP contribution < -0.4 is 0 Å². The molecule has 5 heteroatoms. The summed E-state index contributed by atoms with van der Waals surface area (Å²) in [6.45, 7) is 6.23. The predicted octanol–water partition coefficient (Wildman–Crippen LogP) is 4.35. The van der Waals surface area contributed by atoms with Crippen LogP contribution in [0.3, 0.4) is 0 Å². The van der Waals surface area contributed by atoms with Crippen LogP contribution in [-0.2, 0) is 9.59 Å². The maximum absolute atomic E-state index is 12.9. The maximum atomic E-state index is 12.9. The smallest absolute Gasteiger partial charge is 0.223 e. The van der Waals surface area contributed by atoms with Crippen molar-refractivity contribution in [1.29, 1.82) is 0 Å². The number of likely N-dealkylation sites (tertiary alicyclic amines) is 2. The lowest BCUT2D eigenvalue weighted by atomic mass is 9.69. The molecule has 176 valence electrons. The molecule has 2 saturated heterocycles. The number of carbonyl (C=O) groups is 2. The summed E-state index contributed by atoms with van der Waals surface area (Å²) in [5.74, 6) is 1.25. The number of β-amino-alcohol motifs (C(OH)–C–C–N with tert-alkyl or cyclic N) is 1. The van der Waals surface area contributed by atoms with Crippen molar-refractivity contribution in [3.8, 4) is 0 Å². The Balaban J connectivity index is 1.33. The van der Waals surface area contributed by atoms with Gasteiger partial charge in [-0.15, -0.1) is 0 Å². The van der Waals surface area contributed by atoms with Gasteiger partial charge in [-0.1, -0.05) is 76.3 Å². The van der Waals surface area contributed by atoms with E-state index in [-0.39, 0.29) is 17.7 Å². The van der Waals surface area contributed by atoms with Gasteiger partial charge in [0.25, 0.3) is 0 Å². The molecule has 2 aliphatic heterocycles. The lowest BCUT2D eigenvalue weighted by Crippen LogP contribution is -2.62. The first-order valence-corrected chi connectivity index (χ1v) is 12.6. The Hall–Kier alpha value is -1.88. The number of amides is 2. The van der Waals surface area contributed by atoms with Gasteiger partial charge in [-0.2, -0.15) is 0 Å². The third-order valence-electron chi connectivity index (χ3n) is 8.42. The van der Waals surface area contributed by atoms with Crippen molar-refractivity contribution >= 4 is 11.8 Å². The Kier molecular flexibility index (Phi) is 6.94. The van der Waals surface area contributed by atoms with E-state index in [1.165, 1.54) is 37.7 Å². The first-order chi connectivity index (χ1) is 15.3. The number of benzene rings is 1. The molecule has 1 aliphatic carbocycles. The van der Waals surface area contributed by atoms with Crippen LogP contribution in [-0.4, -0.2) is 58.5 Å². The molecule has 0 spiro atoms. The summed E-state index contributed by atoms with van der Waals surface area (Å²) in [5.41, 5.74) is -0.251. The topological polar surface area (TPSA) is 60.9 Å². The van der Waals surface area contributed by atoms with Crippen molar-refractivity contribution < 1.29 is 14.7 Å². The highest BCUT2D eigenvalue weighted by Crippen LogP contribution is 2.41. The van der Waals surface area contributed by atoms with Gasteiger partial charge >= 0.3 is 0 Å². The first-order valence-electron chi connectivity index (χ1n) is 12.6. The fourth-order valence-corrected chi connectivity index (χ4v) is 6.02. The summed E-state index contributed by atoms with van der Waals surface area (Å²) in [5, 5.41) is 11.6. The number of nitrogens with zero attached hydrogens (tertiary/aromatic N) is 2. The summed E-state index contributed by atoms with van der Waals surface area (Å²) < 4.78 is 0. The van der Waals surface area contributed by atoms with Crippen molar-refractivity contribution in [2.75, 3.05) is 26.2 Å². The Bertz CT molecular complexity index is 802.